The number of aromatic hydroxyl groups is 2. The van der Waals surface area contributed by atoms with Gasteiger partial charge in [0, 0.05) is 11.7 Å². The molecule has 1 unspecified atom stereocenters. The predicted molar refractivity (Wildman–Crippen MR) is 73.3 cm³/mol. The van der Waals surface area contributed by atoms with Gasteiger partial charge in [0.05, 0.1) is 5.02 Å². The Kier molecular flexibility index (Phi) is 3.63. The summed E-state index contributed by atoms with van der Waals surface area (Å²) in [6.45, 7) is 2.01. The van der Waals surface area contributed by atoms with Crippen LogP contribution in [0, 0.1) is 0 Å². The fraction of sp³-hybridized carbons (Fsp3) is 0.143. The second-order valence-corrected chi connectivity index (χ2v) is 4.53. The molecule has 0 fully saturated rings. The van der Waals surface area contributed by atoms with Crippen LogP contribution in [0.5, 0.6) is 11.5 Å². The van der Waals surface area contributed by atoms with Crippen molar-refractivity contribution < 1.29 is 10.2 Å². The number of phenols is 2. The molecule has 3 N–H and O–H groups in total. The van der Waals surface area contributed by atoms with Gasteiger partial charge >= 0.3 is 0 Å². The molecule has 4 heteroatoms. The Morgan fingerprint density at radius 2 is 1.72 bits per heavy atom. The van der Waals surface area contributed by atoms with Gasteiger partial charge in [0.25, 0.3) is 0 Å². The third-order valence-corrected chi connectivity index (χ3v) is 3.03. The van der Waals surface area contributed by atoms with Gasteiger partial charge < -0.3 is 15.5 Å². The monoisotopic (exact) mass is 263 g/mol. The highest BCUT2D eigenvalue weighted by Gasteiger charge is 2.06. The molecular formula is C14H14ClNO2. The van der Waals surface area contributed by atoms with Crippen LogP contribution in [0.4, 0.5) is 5.69 Å². The summed E-state index contributed by atoms with van der Waals surface area (Å²) in [4.78, 5) is 0. The molecule has 0 bridgehead atoms. The van der Waals surface area contributed by atoms with E-state index in [2.05, 4.69) is 5.32 Å². The van der Waals surface area contributed by atoms with Gasteiger partial charge in [-0.25, -0.2) is 0 Å². The summed E-state index contributed by atoms with van der Waals surface area (Å²) in [5.74, 6) is 0.318. The first-order valence-electron chi connectivity index (χ1n) is 5.60. The van der Waals surface area contributed by atoms with E-state index in [4.69, 9.17) is 11.6 Å². The average molecular weight is 264 g/mol. The molecule has 0 saturated carbocycles. The molecule has 0 aliphatic carbocycles. The lowest BCUT2D eigenvalue weighted by molar-refractivity contribution is 0.474. The van der Waals surface area contributed by atoms with Crippen molar-refractivity contribution in [2.24, 2.45) is 0 Å². The Balaban J connectivity index is 2.13. The molecule has 0 aliphatic rings. The number of hydrogen-bond acceptors (Lipinski definition) is 3. The Morgan fingerprint density at radius 1 is 1.06 bits per heavy atom. The smallest absolute Gasteiger partial charge is 0.134 e. The highest BCUT2D eigenvalue weighted by molar-refractivity contribution is 6.32. The van der Waals surface area contributed by atoms with E-state index in [0.29, 0.717) is 5.02 Å². The molecule has 0 saturated heterocycles. The Morgan fingerprint density at radius 3 is 2.33 bits per heavy atom. The van der Waals surface area contributed by atoms with Crippen LogP contribution >= 0.6 is 11.6 Å². The number of rotatable bonds is 3. The first kappa shape index (κ1) is 12.6. The van der Waals surface area contributed by atoms with Crippen molar-refractivity contribution in [2.45, 2.75) is 13.0 Å². The number of phenolic OH excluding ortho intramolecular Hbond substituents is 2. The molecule has 2 rings (SSSR count). The van der Waals surface area contributed by atoms with Gasteiger partial charge in [0.2, 0.25) is 0 Å². The van der Waals surface area contributed by atoms with Gasteiger partial charge in [0.1, 0.15) is 11.5 Å². The second kappa shape index (κ2) is 5.19. The zero-order valence-corrected chi connectivity index (χ0v) is 10.6. The lowest BCUT2D eigenvalue weighted by Crippen LogP contribution is -2.06. The van der Waals surface area contributed by atoms with E-state index in [1.807, 2.05) is 19.1 Å². The van der Waals surface area contributed by atoms with Crippen LogP contribution in [0.15, 0.2) is 42.5 Å². The van der Waals surface area contributed by atoms with E-state index in [1.165, 1.54) is 0 Å². The molecule has 18 heavy (non-hydrogen) atoms. The molecule has 0 amide bonds. The molecular weight excluding hydrogens is 250 g/mol. The number of benzene rings is 2. The zero-order valence-electron chi connectivity index (χ0n) is 9.89. The van der Waals surface area contributed by atoms with Crippen molar-refractivity contribution in [1.29, 1.82) is 0 Å². The van der Waals surface area contributed by atoms with Gasteiger partial charge in [-0.3, -0.25) is 0 Å². The van der Waals surface area contributed by atoms with Gasteiger partial charge in [0.15, 0.2) is 0 Å². The quantitative estimate of drug-likeness (QED) is 0.736. The third kappa shape index (κ3) is 2.87. The summed E-state index contributed by atoms with van der Waals surface area (Å²) in [5.41, 5.74) is 1.88. The molecule has 0 heterocycles. The molecule has 0 aromatic heterocycles. The van der Waals surface area contributed by atoms with Crippen molar-refractivity contribution in [2.75, 3.05) is 5.32 Å². The second-order valence-electron chi connectivity index (χ2n) is 4.12. The molecule has 1 atom stereocenters. The van der Waals surface area contributed by atoms with Crippen molar-refractivity contribution >= 4 is 17.3 Å². The van der Waals surface area contributed by atoms with Crippen molar-refractivity contribution in [3.05, 3.63) is 53.1 Å². The van der Waals surface area contributed by atoms with E-state index in [0.717, 1.165) is 11.3 Å². The fourth-order valence-electron chi connectivity index (χ4n) is 1.69. The average Bonchev–Trinajstić information content (AvgIpc) is 2.34. The minimum Gasteiger partial charge on any atom is -0.508 e. The molecule has 94 valence electrons. The van der Waals surface area contributed by atoms with E-state index in [1.54, 1.807) is 30.3 Å². The molecule has 0 spiro atoms. The highest BCUT2D eigenvalue weighted by atomic mass is 35.5. The summed E-state index contributed by atoms with van der Waals surface area (Å²) in [7, 11) is 0. The van der Waals surface area contributed by atoms with Crippen LogP contribution in [0.25, 0.3) is 0 Å². The normalized spacial score (nSPS) is 12.1. The number of anilines is 1. The standard InChI is InChI=1S/C14H14ClNO2/c1-9(10-2-5-12(17)6-3-10)16-11-4-7-14(18)13(15)8-11/h2-9,16-18H,1H3. The minimum atomic E-state index is 0.0690. The molecule has 0 aliphatic heterocycles. The summed E-state index contributed by atoms with van der Waals surface area (Å²) < 4.78 is 0. The van der Waals surface area contributed by atoms with Gasteiger partial charge in [-0.2, -0.15) is 0 Å². The zero-order chi connectivity index (χ0) is 13.1. The van der Waals surface area contributed by atoms with Crippen molar-refractivity contribution in [3.63, 3.8) is 0 Å². The van der Waals surface area contributed by atoms with Crippen molar-refractivity contribution in [3.8, 4) is 11.5 Å². The van der Waals surface area contributed by atoms with Crippen molar-refractivity contribution in [1.82, 2.24) is 0 Å². The molecule has 0 radical (unpaired) electrons. The fourth-order valence-corrected chi connectivity index (χ4v) is 1.87. The summed E-state index contributed by atoms with van der Waals surface area (Å²) in [6, 6.07) is 12.1. The summed E-state index contributed by atoms with van der Waals surface area (Å²) >= 11 is 5.84. The van der Waals surface area contributed by atoms with E-state index in [-0.39, 0.29) is 17.5 Å². The lowest BCUT2D eigenvalue weighted by atomic mass is 10.1. The Hall–Kier alpha value is -1.87. The highest BCUT2D eigenvalue weighted by Crippen LogP contribution is 2.28. The molecule has 2 aromatic carbocycles. The first-order valence-corrected chi connectivity index (χ1v) is 5.98. The summed E-state index contributed by atoms with van der Waals surface area (Å²) in [5, 5.41) is 22.2. The van der Waals surface area contributed by atoms with Gasteiger partial charge in [-0.1, -0.05) is 23.7 Å². The van der Waals surface area contributed by atoms with E-state index >= 15 is 0 Å². The Bertz CT molecular complexity index is 540. The maximum atomic E-state index is 9.34. The molecule has 3 nitrogen and oxygen atoms in total. The van der Waals surface area contributed by atoms with Crippen LogP contribution in [0.1, 0.15) is 18.5 Å². The van der Waals surface area contributed by atoms with Crippen LogP contribution < -0.4 is 5.32 Å². The SMILES string of the molecule is CC(Nc1ccc(O)c(Cl)c1)c1ccc(O)cc1. The topological polar surface area (TPSA) is 52.5 Å². The van der Waals surface area contributed by atoms with E-state index in [9.17, 15) is 10.2 Å². The largest absolute Gasteiger partial charge is 0.508 e. The molecule has 2 aromatic rings. The van der Waals surface area contributed by atoms with Crippen LogP contribution in [0.2, 0.25) is 5.02 Å². The van der Waals surface area contributed by atoms with Gasteiger partial charge in [-0.05, 0) is 42.8 Å². The summed E-state index contributed by atoms with van der Waals surface area (Å²) in [6.07, 6.45) is 0. The first-order chi connectivity index (χ1) is 8.56. The number of nitrogens with one attached hydrogen (secondary N) is 1. The lowest BCUT2D eigenvalue weighted by Gasteiger charge is -2.16. The number of hydrogen-bond donors (Lipinski definition) is 3. The van der Waals surface area contributed by atoms with Gasteiger partial charge in [-0.15, -0.1) is 0 Å². The van der Waals surface area contributed by atoms with Crippen LogP contribution in [-0.4, -0.2) is 10.2 Å². The predicted octanol–water partition coefficient (Wildman–Crippen LogP) is 3.92. The minimum absolute atomic E-state index is 0.0690. The van der Waals surface area contributed by atoms with Crippen LogP contribution in [-0.2, 0) is 0 Å². The number of halogens is 1. The maximum absolute atomic E-state index is 9.34. The Labute approximate surface area is 111 Å². The third-order valence-electron chi connectivity index (χ3n) is 2.72. The van der Waals surface area contributed by atoms with Crippen LogP contribution in [0.3, 0.4) is 0 Å². The maximum Gasteiger partial charge on any atom is 0.134 e. The van der Waals surface area contributed by atoms with E-state index < -0.39 is 0 Å².